The van der Waals surface area contributed by atoms with Gasteiger partial charge in [0.25, 0.3) is 5.91 Å². The zero-order valence-corrected chi connectivity index (χ0v) is 17.8. The molecule has 0 aliphatic carbocycles. The number of sulfonamides is 1. The largest absolute Gasteiger partial charge is 0.349 e. The third-order valence-corrected chi connectivity index (χ3v) is 7.10. The summed E-state index contributed by atoms with van der Waals surface area (Å²) in [6.07, 6.45) is 4.50. The predicted molar refractivity (Wildman–Crippen MR) is 108 cm³/mol. The lowest BCUT2D eigenvalue weighted by Gasteiger charge is -2.31. The number of carbonyl (C=O) groups is 1. The first-order chi connectivity index (χ1) is 12.8. The van der Waals surface area contributed by atoms with Gasteiger partial charge in [-0.15, -0.1) is 0 Å². The maximum Gasteiger partial charge on any atom is 0.275 e. The second kappa shape index (κ2) is 10.4. The van der Waals surface area contributed by atoms with Gasteiger partial charge in [0.2, 0.25) is 10.0 Å². The summed E-state index contributed by atoms with van der Waals surface area (Å²) in [6, 6.07) is 6.42. The first-order valence-electron chi connectivity index (χ1n) is 9.71. The van der Waals surface area contributed by atoms with Crippen LogP contribution in [0.1, 0.15) is 39.5 Å². The molecular formula is C19H31ClN3O3S+. The first kappa shape index (κ1) is 22.1. The standard InChI is InChI=1S/C19H30ClN3O3S/c1-3-4-5-6-16(2)21-19(24)15-22-11-13-23(14-12-22)27(25,26)18-9-7-17(20)8-10-18/h7-10,16H,3-6,11-15H2,1-2H3,(H,21,24)/p+1/t16-/m1/s1. The zero-order valence-electron chi connectivity index (χ0n) is 16.2. The lowest BCUT2D eigenvalue weighted by Crippen LogP contribution is -3.15. The van der Waals surface area contributed by atoms with Crippen molar-refractivity contribution >= 4 is 27.5 Å². The molecule has 0 saturated carbocycles. The van der Waals surface area contributed by atoms with Gasteiger partial charge in [-0.25, -0.2) is 8.42 Å². The van der Waals surface area contributed by atoms with Crippen LogP contribution in [0.5, 0.6) is 0 Å². The lowest BCUT2D eigenvalue weighted by molar-refractivity contribution is -0.895. The van der Waals surface area contributed by atoms with Crippen molar-refractivity contribution in [3.8, 4) is 0 Å². The van der Waals surface area contributed by atoms with Crippen LogP contribution < -0.4 is 10.2 Å². The van der Waals surface area contributed by atoms with Crippen LogP contribution in [0, 0.1) is 0 Å². The second-order valence-corrected chi connectivity index (χ2v) is 9.62. The number of benzene rings is 1. The molecular weight excluding hydrogens is 386 g/mol. The van der Waals surface area contributed by atoms with E-state index in [4.69, 9.17) is 11.6 Å². The van der Waals surface area contributed by atoms with Crippen LogP contribution in [0.25, 0.3) is 0 Å². The molecule has 1 saturated heterocycles. The number of rotatable bonds is 9. The van der Waals surface area contributed by atoms with E-state index >= 15 is 0 Å². The Bertz CT molecular complexity index is 701. The molecule has 1 aromatic rings. The number of piperazine rings is 1. The minimum absolute atomic E-state index is 0.0445. The number of unbranched alkanes of at least 4 members (excludes halogenated alkanes) is 2. The Kier molecular flexibility index (Phi) is 8.54. The number of halogens is 1. The number of amides is 1. The maximum absolute atomic E-state index is 12.7. The normalized spacial score (nSPS) is 17.6. The quantitative estimate of drug-likeness (QED) is 0.596. The van der Waals surface area contributed by atoms with Gasteiger partial charge < -0.3 is 10.2 Å². The predicted octanol–water partition coefficient (Wildman–Crippen LogP) is 1.31. The van der Waals surface area contributed by atoms with E-state index in [0.29, 0.717) is 37.7 Å². The van der Waals surface area contributed by atoms with Gasteiger partial charge in [0.15, 0.2) is 6.54 Å². The molecule has 0 aromatic heterocycles. The van der Waals surface area contributed by atoms with E-state index in [2.05, 4.69) is 12.2 Å². The molecule has 6 nitrogen and oxygen atoms in total. The van der Waals surface area contributed by atoms with Crippen LogP contribution in [0.2, 0.25) is 5.02 Å². The summed E-state index contributed by atoms with van der Waals surface area (Å²) in [5, 5.41) is 3.57. The molecule has 1 aromatic carbocycles. The number of hydrogen-bond donors (Lipinski definition) is 2. The average Bonchev–Trinajstić information content (AvgIpc) is 2.62. The van der Waals surface area contributed by atoms with Crippen molar-refractivity contribution in [3.05, 3.63) is 29.3 Å². The number of nitrogens with zero attached hydrogens (tertiary/aromatic N) is 1. The van der Waals surface area contributed by atoms with Gasteiger partial charge in [-0.05, 0) is 37.6 Å². The summed E-state index contributed by atoms with van der Waals surface area (Å²) in [6.45, 7) is 6.69. The molecule has 1 fully saturated rings. The van der Waals surface area contributed by atoms with Crippen LogP contribution in [0.4, 0.5) is 0 Å². The topological polar surface area (TPSA) is 70.9 Å². The highest BCUT2D eigenvalue weighted by molar-refractivity contribution is 7.89. The Labute approximate surface area is 167 Å². The highest BCUT2D eigenvalue weighted by Gasteiger charge is 2.31. The average molecular weight is 417 g/mol. The van der Waals surface area contributed by atoms with E-state index in [1.54, 1.807) is 12.1 Å². The van der Waals surface area contributed by atoms with Crippen molar-refractivity contribution in [3.63, 3.8) is 0 Å². The molecule has 1 atom stereocenters. The summed E-state index contributed by atoms with van der Waals surface area (Å²) in [7, 11) is -3.50. The van der Waals surface area contributed by atoms with Crippen molar-refractivity contribution in [1.82, 2.24) is 9.62 Å². The summed E-state index contributed by atoms with van der Waals surface area (Å²) in [5.74, 6) is 0.0445. The minimum Gasteiger partial charge on any atom is -0.349 e. The highest BCUT2D eigenvalue weighted by Crippen LogP contribution is 2.18. The smallest absolute Gasteiger partial charge is 0.275 e. The monoisotopic (exact) mass is 416 g/mol. The summed E-state index contributed by atoms with van der Waals surface area (Å²) in [5.41, 5.74) is 0. The molecule has 1 aliphatic heterocycles. The molecule has 0 bridgehead atoms. The van der Waals surface area contributed by atoms with Crippen LogP contribution in [0.15, 0.2) is 29.2 Å². The van der Waals surface area contributed by atoms with Gasteiger partial charge >= 0.3 is 0 Å². The molecule has 0 spiro atoms. The number of hydrogen-bond acceptors (Lipinski definition) is 3. The van der Waals surface area contributed by atoms with Crippen molar-refractivity contribution in [2.75, 3.05) is 32.7 Å². The second-order valence-electron chi connectivity index (χ2n) is 7.25. The summed E-state index contributed by atoms with van der Waals surface area (Å²) >= 11 is 5.84. The number of carbonyl (C=O) groups excluding carboxylic acids is 1. The van der Waals surface area contributed by atoms with E-state index in [1.165, 1.54) is 29.3 Å². The molecule has 27 heavy (non-hydrogen) atoms. The number of nitrogens with one attached hydrogen (secondary N) is 2. The fraction of sp³-hybridized carbons (Fsp3) is 0.632. The molecule has 1 heterocycles. The molecule has 2 rings (SSSR count). The Morgan fingerprint density at radius 2 is 1.85 bits per heavy atom. The van der Waals surface area contributed by atoms with Gasteiger partial charge in [-0.1, -0.05) is 37.8 Å². The fourth-order valence-corrected chi connectivity index (χ4v) is 4.87. The number of quaternary nitrogens is 1. The Balaban J connectivity index is 1.79. The zero-order chi connectivity index (χ0) is 19.9. The van der Waals surface area contributed by atoms with Crippen LogP contribution in [-0.2, 0) is 14.8 Å². The SMILES string of the molecule is CCCCC[C@@H](C)NC(=O)C[NH+]1CCN(S(=O)(=O)c2ccc(Cl)cc2)CC1. The van der Waals surface area contributed by atoms with Crippen molar-refractivity contribution in [2.45, 2.75) is 50.5 Å². The van der Waals surface area contributed by atoms with Crippen LogP contribution in [0.3, 0.4) is 0 Å². The van der Waals surface area contributed by atoms with Gasteiger partial charge in [-0.3, -0.25) is 4.79 Å². The van der Waals surface area contributed by atoms with E-state index in [9.17, 15) is 13.2 Å². The third-order valence-electron chi connectivity index (χ3n) is 4.94. The van der Waals surface area contributed by atoms with Gasteiger partial charge in [-0.2, -0.15) is 4.31 Å². The molecule has 1 aliphatic rings. The van der Waals surface area contributed by atoms with E-state index in [1.807, 2.05) is 6.92 Å². The minimum atomic E-state index is -3.50. The Morgan fingerprint density at radius 3 is 2.44 bits per heavy atom. The molecule has 0 unspecified atom stereocenters. The first-order valence-corrected chi connectivity index (χ1v) is 11.5. The fourth-order valence-electron chi connectivity index (χ4n) is 3.30. The maximum atomic E-state index is 12.7. The van der Waals surface area contributed by atoms with E-state index < -0.39 is 10.0 Å². The molecule has 1 amide bonds. The van der Waals surface area contributed by atoms with Crippen molar-refractivity contribution in [2.24, 2.45) is 0 Å². The Hall–Kier alpha value is -1.15. The van der Waals surface area contributed by atoms with E-state index in [-0.39, 0.29) is 16.8 Å². The van der Waals surface area contributed by atoms with Crippen LogP contribution in [-0.4, -0.2) is 57.4 Å². The third kappa shape index (κ3) is 6.75. The van der Waals surface area contributed by atoms with Gasteiger partial charge in [0, 0.05) is 11.1 Å². The van der Waals surface area contributed by atoms with Crippen molar-refractivity contribution < 1.29 is 18.1 Å². The van der Waals surface area contributed by atoms with E-state index in [0.717, 1.165) is 17.7 Å². The summed E-state index contributed by atoms with van der Waals surface area (Å²) < 4.78 is 26.9. The Morgan fingerprint density at radius 1 is 1.22 bits per heavy atom. The van der Waals surface area contributed by atoms with Gasteiger partial charge in [0.05, 0.1) is 31.1 Å². The molecule has 8 heteroatoms. The lowest BCUT2D eigenvalue weighted by atomic mass is 10.1. The van der Waals surface area contributed by atoms with Crippen molar-refractivity contribution in [1.29, 1.82) is 0 Å². The molecule has 2 N–H and O–H groups in total. The van der Waals surface area contributed by atoms with Crippen LogP contribution >= 0.6 is 11.6 Å². The van der Waals surface area contributed by atoms with Gasteiger partial charge in [0.1, 0.15) is 0 Å². The summed E-state index contributed by atoms with van der Waals surface area (Å²) in [4.78, 5) is 13.6. The molecule has 0 radical (unpaired) electrons. The molecule has 152 valence electrons. The highest BCUT2D eigenvalue weighted by atomic mass is 35.5.